The highest BCUT2D eigenvalue weighted by Gasteiger charge is 2.14. The van der Waals surface area contributed by atoms with Crippen molar-refractivity contribution in [1.29, 1.82) is 0 Å². The fourth-order valence-corrected chi connectivity index (χ4v) is 1.77. The van der Waals surface area contributed by atoms with Crippen molar-refractivity contribution in [3.8, 4) is 0 Å². The zero-order chi connectivity index (χ0) is 13.1. The molecular formula is C13H16N4O. The van der Waals surface area contributed by atoms with E-state index in [1.807, 2.05) is 31.2 Å². The van der Waals surface area contributed by atoms with Gasteiger partial charge < -0.3 is 10.6 Å². The van der Waals surface area contributed by atoms with Crippen LogP contribution in [-0.4, -0.2) is 28.1 Å². The molecule has 18 heavy (non-hydrogen) atoms. The largest absolute Gasteiger partial charge is 0.382 e. The summed E-state index contributed by atoms with van der Waals surface area (Å²) in [6.45, 7) is 2.59. The zero-order valence-corrected chi connectivity index (χ0v) is 10.5. The summed E-state index contributed by atoms with van der Waals surface area (Å²) in [6, 6.07) is 9.53. The number of anilines is 1. The van der Waals surface area contributed by atoms with Gasteiger partial charge in [0.25, 0.3) is 5.91 Å². The monoisotopic (exact) mass is 244 g/mol. The highest BCUT2D eigenvalue weighted by atomic mass is 16.2. The van der Waals surface area contributed by atoms with Gasteiger partial charge in [0.1, 0.15) is 11.5 Å². The highest BCUT2D eigenvalue weighted by Crippen LogP contribution is 2.11. The summed E-state index contributed by atoms with van der Waals surface area (Å²) in [4.78, 5) is 13.7. The molecule has 0 spiro atoms. The minimum absolute atomic E-state index is 0.123. The number of benzene rings is 1. The highest BCUT2D eigenvalue weighted by molar-refractivity contribution is 5.92. The van der Waals surface area contributed by atoms with Crippen LogP contribution in [0, 0.1) is 6.92 Å². The van der Waals surface area contributed by atoms with E-state index in [4.69, 9.17) is 5.73 Å². The van der Waals surface area contributed by atoms with Crippen LogP contribution < -0.4 is 5.73 Å². The average Bonchev–Trinajstić information content (AvgIpc) is 2.78. The van der Waals surface area contributed by atoms with E-state index >= 15 is 0 Å². The molecule has 0 fully saturated rings. The summed E-state index contributed by atoms with van der Waals surface area (Å²) in [5.74, 6) is 0.199. The smallest absolute Gasteiger partial charge is 0.271 e. The SMILES string of the molecule is Cc1ccccc1CN(C)C(=O)c1cc(N)n[nH]1. The van der Waals surface area contributed by atoms with Crippen LogP contribution >= 0.6 is 0 Å². The molecule has 0 atom stereocenters. The summed E-state index contributed by atoms with van der Waals surface area (Å²) < 4.78 is 0. The first kappa shape index (κ1) is 12.2. The predicted molar refractivity (Wildman–Crippen MR) is 70.0 cm³/mol. The molecule has 3 N–H and O–H groups in total. The molecule has 94 valence electrons. The number of nitrogens with two attached hydrogens (primary N) is 1. The lowest BCUT2D eigenvalue weighted by Crippen LogP contribution is -2.26. The number of aryl methyl sites for hydroxylation is 1. The van der Waals surface area contributed by atoms with Crippen molar-refractivity contribution >= 4 is 11.7 Å². The van der Waals surface area contributed by atoms with Gasteiger partial charge in [0.05, 0.1) is 0 Å². The van der Waals surface area contributed by atoms with Gasteiger partial charge in [0.15, 0.2) is 0 Å². The van der Waals surface area contributed by atoms with Gasteiger partial charge in [-0.25, -0.2) is 0 Å². The number of hydrogen-bond acceptors (Lipinski definition) is 3. The number of hydrogen-bond donors (Lipinski definition) is 2. The standard InChI is InChI=1S/C13H16N4O/c1-9-5-3-4-6-10(9)8-17(2)13(18)11-7-12(14)16-15-11/h3-7H,8H2,1-2H3,(H3,14,15,16). The molecule has 0 aliphatic carbocycles. The van der Waals surface area contributed by atoms with E-state index < -0.39 is 0 Å². The van der Waals surface area contributed by atoms with Crippen LogP contribution in [0.4, 0.5) is 5.82 Å². The normalized spacial score (nSPS) is 10.3. The maximum Gasteiger partial charge on any atom is 0.271 e. The Morgan fingerprint density at radius 1 is 1.44 bits per heavy atom. The lowest BCUT2D eigenvalue weighted by atomic mass is 10.1. The Kier molecular flexibility index (Phi) is 3.32. The van der Waals surface area contributed by atoms with Gasteiger partial charge in [0.2, 0.25) is 0 Å². The van der Waals surface area contributed by atoms with Gasteiger partial charge in [-0.3, -0.25) is 9.89 Å². The van der Waals surface area contributed by atoms with Gasteiger partial charge in [-0.1, -0.05) is 24.3 Å². The Morgan fingerprint density at radius 3 is 2.78 bits per heavy atom. The maximum atomic E-state index is 12.1. The van der Waals surface area contributed by atoms with Crippen molar-refractivity contribution in [2.45, 2.75) is 13.5 Å². The number of nitrogens with zero attached hydrogens (tertiary/aromatic N) is 2. The van der Waals surface area contributed by atoms with Crippen molar-refractivity contribution < 1.29 is 4.79 Å². The fraction of sp³-hybridized carbons (Fsp3) is 0.231. The number of carbonyl (C=O) groups excluding carboxylic acids is 1. The number of rotatable bonds is 3. The van der Waals surface area contributed by atoms with Gasteiger partial charge in [-0.2, -0.15) is 5.10 Å². The Balaban J connectivity index is 2.11. The molecule has 5 heteroatoms. The van der Waals surface area contributed by atoms with E-state index in [9.17, 15) is 4.79 Å². The van der Waals surface area contributed by atoms with E-state index in [0.29, 0.717) is 18.1 Å². The molecule has 0 saturated carbocycles. The van der Waals surface area contributed by atoms with E-state index in [-0.39, 0.29) is 5.91 Å². The van der Waals surface area contributed by atoms with Crippen LogP contribution in [0.3, 0.4) is 0 Å². The van der Waals surface area contributed by atoms with E-state index in [2.05, 4.69) is 10.2 Å². The van der Waals surface area contributed by atoms with Crippen molar-refractivity contribution in [3.63, 3.8) is 0 Å². The van der Waals surface area contributed by atoms with Crippen molar-refractivity contribution in [1.82, 2.24) is 15.1 Å². The summed E-state index contributed by atoms with van der Waals surface area (Å²) in [5.41, 5.74) is 8.18. The van der Waals surface area contributed by atoms with Crippen molar-refractivity contribution in [3.05, 3.63) is 47.2 Å². The second-order valence-corrected chi connectivity index (χ2v) is 4.29. The molecule has 0 aliphatic heterocycles. The molecule has 1 amide bonds. The molecule has 5 nitrogen and oxygen atoms in total. The average molecular weight is 244 g/mol. The molecule has 1 heterocycles. The summed E-state index contributed by atoms with van der Waals surface area (Å²) in [7, 11) is 1.76. The Bertz CT molecular complexity index is 562. The number of aromatic amines is 1. The number of nitrogens with one attached hydrogen (secondary N) is 1. The summed E-state index contributed by atoms with van der Waals surface area (Å²) in [6.07, 6.45) is 0. The number of amides is 1. The zero-order valence-electron chi connectivity index (χ0n) is 10.5. The Morgan fingerprint density at radius 2 is 2.17 bits per heavy atom. The summed E-state index contributed by atoms with van der Waals surface area (Å²) >= 11 is 0. The fourth-order valence-electron chi connectivity index (χ4n) is 1.77. The van der Waals surface area contributed by atoms with Crippen LogP contribution in [0.15, 0.2) is 30.3 Å². The third-order valence-electron chi connectivity index (χ3n) is 2.84. The number of H-pyrrole nitrogens is 1. The number of carbonyl (C=O) groups is 1. The first-order chi connectivity index (χ1) is 8.58. The van der Waals surface area contributed by atoms with Gasteiger partial charge in [0, 0.05) is 19.7 Å². The van der Waals surface area contributed by atoms with E-state index in [0.717, 1.165) is 5.56 Å². The molecule has 1 aromatic heterocycles. The molecule has 0 saturated heterocycles. The number of nitrogen functional groups attached to an aromatic ring is 1. The van der Waals surface area contributed by atoms with Gasteiger partial charge in [-0.05, 0) is 18.1 Å². The molecular weight excluding hydrogens is 228 g/mol. The number of aromatic nitrogens is 2. The third kappa shape index (κ3) is 2.51. The minimum atomic E-state index is -0.123. The quantitative estimate of drug-likeness (QED) is 0.860. The molecule has 1 aromatic carbocycles. The molecule has 0 bridgehead atoms. The van der Waals surface area contributed by atoms with Crippen LogP contribution in [0.25, 0.3) is 0 Å². The predicted octanol–water partition coefficient (Wildman–Crippen LogP) is 1.57. The van der Waals surface area contributed by atoms with Gasteiger partial charge >= 0.3 is 0 Å². The van der Waals surface area contributed by atoms with E-state index in [1.54, 1.807) is 11.9 Å². The first-order valence-corrected chi connectivity index (χ1v) is 5.69. The Labute approximate surface area is 106 Å². The van der Waals surface area contributed by atoms with E-state index in [1.165, 1.54) is 11.6 Å². The molecule has 0 unspecified atom stereocenters. The molecule has 2 aromatic rings. The topological polar surface area (TPSA) is 75.0 Å². The van der Waals surface area contributed by atoms with Crippen LogP contribution in [-0.2, 0) is 6.54 Å². The third-order valence-corrected chi connectivity index (χ3v) is 2.84. The Hall–Kier alpha value is -2.30. The van der Waals surface area contributed by atoms with Crippen LogP contribution in [0.1, 0.15) is 21.6 Å². The van der Waals surface area contributed by atoms with Crippen molar-refractivity contribution in [2.75, 3.05) is 12.8 Å². The lowest BCUT2D eigenvalue weighted by molar-refractivity contribution is 0.0779. The molecule has 2 rings (SSSR count). The van der Waals surface area contributed by atoms with Crippen LogP contribution in [0.5, 0.6) is 0 Å². The van der Waals surface area contributed by atoms with Crippen LogP contribution in [0.2, 0.25) is 0 Å². The second kappa shape index (κ2) is 4.91. The second-order valence-electron chi connectivity index (χ2n) is 4.29. The maximum absolute atomic E-state index is 12.1. The molecule has 0 radical (unpaired) electrons. The molecule has 0 aliphatic rings. The van der Waals surface area contributed by atoms with Gasteiger partial charge in [-0.15, -0.1) is 0 Å². The summed E-state index contributed by atoms with van der Waals surface area (Å²) in [5, 5.41) is 6.37. The first-order valence-electron chi connectivity index (χ1n) is 5.69. The van der Waals surface area contributed by atoms with Crippen molar-refractivity contribution in [2.24, 2.45) is 0 Å². The lowest BCUT2D eigenvalue weighted by Gasteiger charge is -2.17. The minimum Gasteiger partial charge on any atom is -0.382 e.